The average molecular weight is 267 g/mol. The van der Waals surface area contributed by atoms with Crippen LogP contribution in [-0.4, -0.2) is 30.1 Å². The molecule has 0 aliphatic heterocycles. The number of nitrogens with one attached hydrogen (secondary N) is 1. The highest BCUT2D eigenvalue weighted by Gasteiger charge is 2.22. The molecule has 0 saturated heterocycles. The normalized spacial score (nSPS) is 11.1. The number of hydrogen-bond donors (Lipinski definition) is 2. The van der Waals surface area contributed by atoms with Crippen molar-refractivity contribution in [2.45, 2.75) is 19.4 Å². The molecule has 0 aliphatic carbocycles. The minimum absolute atomic E-state index is 0.0396. The SMILES string of the molecule is COCC(C)(C)NC(=O)c1ccc([N+](=O)[O-])c(N)c1. The third-order valence-electron chi connectivity index (χ3n) is 2.44. The average Bonchev–Trinajstić information content (AvgIpc) is 2.27. The molecular formula is C12H17N3O4. The van der Waals surface area contributed by atoms with Crippen molar-refractivity contribution < 1.29 is 14.5 Å². The first-order chi connectivity index (χ1) is 8.76. The molecule has 0 aromatic heterocycles. The van der Waals surface area contributed by atoms with E-state index in [-0.39, 0.29) is 22.8 Å². The van der Waals surface area contributed by atoms with Gasteiger partial charge in [0.2, 0.25) is 0 Å². The third-order valence-corrected chi connectivity index (χ3v) is 2.44. The van der Waals surface area contributed by atoms with Gasteiger partial charge in [-0.15, -0.1) is 0 Å². The molecule has 0 unspecified atom stereocenters. The maximum atomic E-state index is 12.0. The summed E-state index contributed by atoms with van der Waals surface area (Å²) in [5.74, 6) is -0.358. The summed E-state index contributed by atoms with van der Waals surface area (Å²) < 4.78 is 4.99. The van der Waals surface area contributed by atoms with Crippen LogP contribution < -0.4 is 11.1 Å². The van der Waals surface area contributed by atoms with Gasteiger partial charge in [-0.3, -0.25) is 14.9 Å². The fourth-order valence-electron chi connectivity index (χ4n) is 1.64. The smallest absolute Gasteiger partial charge is 0.292 e. The van der Waals surface area contributed by atoms with E-state index in [4.69, 9.17) is 10.5 Å². The van der Waals surface area contributed by atoms with Gasteiger partial charge in [-0.1, -0.05) is 0 Å². The van der Waals surface area contributed by atoms with Crippen LogP contribution in [0, 0.1) is 10.1 Å². The first kappa shape index (κ1) is 14.9. The van der Waals surface area contributed by atoms with E-state index >= 15 is 0 Å². The first-order valence-electron chi connectivity index (χ1n) is 5.62. The Morgan fingerprint density at radius 1 is 1.53 bits per heavy atom. The lowest BCUT2D eigenvalue weighted by Gasteiger charge is -2.25. The Morgan fingerprint density at radius 2 is 2.16 bits per heavy atom. The Balaban J connectivity index is 2.90. The van der Waals surface area contributed by atoms with Gasteiger partial charge in [0, 0.05) is 18.7 Å². The van der Waals surface area contributed by atoms with E-state index in [1.807, 2.05) is 13.8 Å². The van der Waals surface area contributed by atoms with E-state index in [1.165, 1.54) is 25.3 Å². The molecule has 104 valence electrons. The molecule has 0 atom stereocenters. The largest absolute Gasteiger partial charge is 0.393 e. The molecule has 0 bridgehead atoms. The summed E-state index contributed by atoms with van der Waals surface area (Å²) in [6, 6.07) is 3.87. The summed E-state index contributed by atoms with van der Waals surface area (Å²) in [6.45, 7) is 3.97. The first-order valence-corrected chi connectivity index (χ1v) is 5.62. The molecule has 1 aromatic carbocycles. The van der Waals surface area contributed by atoms with Crippen LogP contribution in [0.25, 0.3) is 0 Å². The summed E-state index contributed by atoms with van der Waals surface area (Å²) in [5.41, 5.74) is 5.01. The zero-order valence-corrected chi connectivity index (χ0v) is 11.1. The molecule has 0 heterocycles. The van der Waals surface area contributed by atoms with Gasteiger partial charge in [-0.25, -0.2) is 0 Å². The number of carbonyl (C=O) groups is 1. The quantitative estimate of drug-likeness (QED) is 0.475. The number of nitrogens with zero attached hydrogens (tertiary/aromatic N) is 1. The van der Waals surface area contributed by atoms with Gasteiger partial charge < -0.3 is 15.8 Å². The highest BCUT2D eigenvalue weighted by molar-refractivity contribution is 5.96. The van der Waals surface area contributed by atoms with Gasteiger partial charge in [0.05, 0.1) is 17.1 Å². The van der Waals surface area contributed by atoms with Crippen molar-refractivity contribution in [3.05, 3.63) is 33.9 Å². The molecule has 1 aromatic rings. The van der Waals surface area contributed by atoms with Crippen LogP contribution in [0.2, 0.25) is 0 Å². The molecule has 7 nitrogen and oxygen atoms in total. The Hall–Kier alpha value is -2.15. The number of nitro groups is 1. The maximum Gasteiger partial charge on any atom is 0.292 e. The summed E-state index contributed by atoms with van der Waals surface area (Å²) in [4.78, 5) is 22.0. The fraction of sp³-hybridized carbons (Fsp3) is 0.417. The van der Waals surface area contributed by atoms with Crippen molar-refractivity contribution in [1.82, 2.24) is 5.32 Å². The van der Waals surface area contributed by atoms with Gasteiger partial charge in [0.15, 0.2) is 0 Å². The number of carbonyl (C=O) groups excluding carboxylic acids is 1. The predicted molar refractivity (Wildman–Crippen MR) is 70.9 cm³/mol. The van der Waals surface area contributed by atoms with Crippen molar-refractivity contribution in [1.29, 1.82) is 0 Å². The van der Waals surface area contributed by atoms with Gasteiger partial charge in [-0.05, 0) is 26.0 Å². The lowest BCUT2D eigenvalue weighted by molar-refractivity contribution is -0.383. The number of amides is 1. The van der Waals surface area contributed by atoms with Crippen LogP contribution in [0.3, 0.4) is 0 Å². The van der Waals surface area contributed by atoms with Crippen molar-refractivity contribution in [3.8, 4) is 0 Å². The predicted octanol–water partition coefficient (Wildman–Crippen LogP) is 1.33. The number of nitrogens with two attached hydrogens (primary N) is 1. The van der Waals surface area contributed by atoms with E-state index < -0.39 is 10.5 Å². The molecule has 1 amide bonds. The topological polar surface area (TPSA) is 107 Å². The van der Waals surface area contributed by atoms with E-state index in [1.54, 1.807) is 0 Å². The number of hydrogen-bond acceptors (Lipinski definition) is 5. The second-order valence-electron chi connectivity index (χ2n) is 4.80. The van der Waals surface area contributed by atoms with Crippen LogP contribution >= 0.6 is 0 Å². The second kappa shape index (κ2) is 5.66. The lowest BCUT2D eigenvalue weighted by Crippen LogP contribution is -2.46. The van der Waals surface area contributed by atoms with E-state index in [0.29, 0.717) is 6.61 Å². The van der Waals surface area contributed by atoms with E-state index in [2.05, 4.69) is 5.32 Å². The maximum absolute atomic E-state index is 12.0. The molecule has 0 fully saturated rings. The Bertz CT molecular complexity index is 500. The van der Waals surface area contributed by atoms with E-state index in [9.17, 15) is 14.9 Å². The minimum Gasteiger partial charge on any atom is -0.393 e. The minimum atomic E-state index is -0.591. The summed E-state index contributed by atoms with van der Waals surface area (Å²) in [5, 5.41) is 13.4. The zero-order chi connectivity index (χ0) is 14.6. The molecule has 19 heavy (non-hydrogen) atoms. The van der Waals surface area contributed by atoms with Gasteiger partial charge in [0.25, 0.3) is 11.6 Å². The number of ether oxygens (including phenoxy) is 1. The number of nitro benzene ring substituents is 1. The molecule has 7 heteroatoms. The van der Waals surface area contributed by atoms with E-state index in [0.717, 1.165) is 0 Å². The summed E-state index contributed by atoms with van der Waals surface area (Å²) in [6.07, 6.45) is 0. The highest BCUT2D eigenvalue weighted by Crippen LogP contribution is 2.22. The Morgan fingerprint density at radius 3 is 2.63 bits per heavy atom. The van der Waals surface area contributed by atoms with Gasteiger partial charge >= 0.3 is 0 Å². The van der Waals surface area contributed by atoms with Crippen LogP contribution in [0.1, 0.15) is 24.2 Å². The zero-order valence-electron chi connectivity index (χ0n) is 11.1. The monoisotopic (exact) mass is 267 g/mol. The standard InChI is InChI=1S/C12H17N3O4/c1-12(2,7-19-3)14-11(16)8-4-5-10(15(17)18)9(13)6-8/h4-6H,7,13H2,1-3H3,(H,14,16). The Kier molecular flexibility index (Phi) is 4.44. The van der Waals surface area contributed by atoms with Gasteiger partial charge in [0.1, 0.15) is 5.69 Å². The summed E-state index contributed by atoms with van der Waals surface area (Å²) in [7, 11) is 1.54. The molecule has 3 N–H and O–H groups in total. The Labute approximate surface area is 110 Å². The van der Waals surface area contributed by atoms with Gasteiger partial charge in [-0.2, -0.15) is 0 Å². The van der Waals surface area contributed by atoms with Crippen LogP contribution in [0.4, 0.5) is 11.4 Å². The molecule has 0 aliphatic rings. The van der Waals surface area contributed by atoms with Crippen LogP contribution in [0.5, 0.6) is 0 Å². The fourth-order valence-corrected chi connectivity index (χ4v) is 1.64. The second-order valence-corrected chi connectivity index (χ2v) is 4.80. The molecule has 1 rings (SSSR count). The third kappa shape index (κ3) is 3.92. The van der Waals surface area contributed by atoms with Crippen molar-refractivity contribution in [3.63, 3.8) is 0 Å². The van der Waals surface area contributed by atoms with Crippen LogP contribution in [-0.2, 0) is 4.74 Å². The number of nitrogen functional groups attached to an aromatic ring is 1. The molecule has 0 radical (unpaired) electrons. The highest BCUT2D eigenvalue weighted by atomic mass is 16.6. The number of benzene rings is 1. The van der Waals surface area contributed by atoms with Crippen molar-refractivity contribution in [2.75, 3.05) is 19.5 Å². The number of rotatable bonds is 5. The lowest BCUT2D eigenvalue weighted by atomic mass is 10.1. The van der Waals surface area contributed by atoms with Crippen LogP contribution in [0.15, 0.2) is 18.2 Å². The number of anilines is 1. The molecular weight excluding hydrogens is 250 g/mol. The summed E-state index contributed by atoms with van der Waals surface area (Å²) >= 11 is 0. The molecule has 0 saturated carbocycles. The molecule has 0 spiro atoms. The number of methoxy groups -OCH3 is 1. The van der Waals surface area contributed by atoms with Crippen molar-refractivity contribution >= 4 is 17.3 Å². The van der Waals surface area contributed by atoms with Crippen molar-refractivity contribution in [2.24, 2.45) is 0 Å².